The molecule has 194 valence electrons. The maximum absolute atomic E-state index is 13.2. The molecule has 2 aliphatic heterocycles. The molecule has 2 aromatic rings. The van der Waals surface area contributed by atoms with E-state index >= 15 is 0 Å². The number of esters is 1. The fourth-order valence-corrected chi connectivity index (χ4v) is 5.02. The van der Waals surface area contributed by atoms with Gasteiger partial charge in [0.05, 0.1) is 17.1 Å². The van der Waals surface area contributed by atoms with Crippen molar-refractivity contribution >= 4 is 11.9 Å². The summed E-state index contributed by atoms with van der Waals surface area (Å²) in [6.45, 7) is 2.83. The number of rotatable bonds is 3. The van der Waals surface area contributed by atoms with E-state index in [-0.39, 0.29) is 31.4 Å². The lowest BCUT2D eigenvalue weighted by Crippen LogP contribution is -2.45. The van der Waals surface area contributed by atoms with Crippen molar-refractivity contribution in [3.05, 3.63) is 54.4 Å². The van der Waals surface area contributed by atoms with E-state index in [1.807, 2.05) is 12.1 Å². The van der Waals surface area contributed by atoms with Gasteiger partial charge in [-0.05, 0) is 62.9 Å². The molecule has 1 spiro atoms. The van der Waals surface area contributed by atoms with E-state index in [0.29, 0.717) is 37.8 Å². The number of hydrogen-bond donors (Lipinski definition) is 2. The number of ether oxygens (including phenoxy) is 1. The maximum atomic E-state index is 13.2. The average Bonchev–Trinajstić information content (AvgIpc) is 2.92. The lowest BCUT2D eigenvalue weighted by Gasteiger charge is -2.40. The van der Waals surface area contributed by atoms with Crippen LogP contribution >= 0.6 is 0 Å². The van der Waals surface area contributed by atoms with Gasteiger partial charge >= 0.3 is 5.97 Å². The first-order chi connectivity index (χ1) is 17.5. The average molecular weight is 498 g/mol. The van der Waals surface area contributed by atoms with Crippen molar-refractivity contribution in [2.45, 2.75) is 57.3 Å². The summed E-state index contributed by atoms with van der Waals surface area (Å²) < 4.78 is 5.56. The Morgan fingerprint density at radius 2 is 1.69 bits per heavy atom. The van der Waals surface area contributed by atoms with Crippen LogP contribution in [0.1, 0.15) is 54.4 Å². The topological polar surface area (TPSA) is 129 Å². The number of amides is 1. The lowest BCUT2D eigenvalue weighted by atomic mass is 9.74. The molecule has 2 fully saturated rings. The van der Waals surface area contributed by atoms with Crippen LogP contribution in [0.3, 0.4) is 0 Å². The molecule has 2 atom stereocenters. The Bertz CT molecular complexity index is 985. The molecule has 0 unspecified atom stereocenters. The molecule has 0 saturated carbocycles. The molecule has 10 heteroatoms. The minimum atomic E-state index is -1.21. The first-order valence-electron chi connectivity index (χ1n) is 12.7. The van der Waals surface area contributed by atoms with Crippen molar-refractivity contribution in [1.29, 1.82) is 0 Å². The van der Waals surface area contributed by atoms with E-state index in [9.17, 15) is 19.8 Å². The van der Waals surface area contributed by atoms with Gasteiger partial charge in [0.15, 0.2) is 0 Å². The first kappa shape index (κ1) is 26.1. The number of pyridine rings is 1. The quantitative estimate of drug-likeness (QED) is 0.605. The molecule has 2 N–H and O–H groups in total. The second kappa shape index (κ2) is 12.3. The summed E-state index contributed by atoms with van der Waals surface area (Å²) in [5.41, 5.74) is 0.938. The maximum Gasteiger partial charge on any atom is 0.312 e. The van der Waals surface area contributed by atoms with E-state index in [1.165, 1.54) is 24.3 Å². The van der Waals surface area contributed by atoms with Crippen molar-refractivity contribution in [1.82, 2.24) is 24.8 Å². The molecule has 0 aromatic carbocycles. The van der Waals surface area contributed by atoms with Crippen molar-refractivity contribution in [2.75, 3.05) is 32.8 Å². The number of piperidine rings is 1. The van der Waals surface area contributed by atoms with Gasteiger partial charge in [-0.1, -0.05) is 6.42 Å². The molecule has 2 saturated heterocycles. The number of hydrogen-bond acceptors (Lipinski definition) is 9. The van der Waals surface area contributed by atoms with E-state index in [0.717, 1.165) is 26.1 Å². The van der Waals surface area contributed by atoms with Crippen molar-refractivity contribution in [2.24, 2.45) is 5.41 Å². The largest absolute Gasteiger partial charge is 0.462 e. The molecule has 2 aromatic heterocycles. The van der Waals surface area contributed by atoms with Gasteiger partial charge in [-0.25, -0.2) is 9.97 Å². The smallest absolute Gasteiger partial charge is 0.312 e. The van der Waals surface area contributed by atoms with Crippen LogP contribution in [-0.4, -0.2) is 91.8 Å². The summed E-state index contributed by atoms with van der Waals surface area (Å²) in [5, 5.41) is 20.9. The summed E-state index contributed by atoms with van der Waals surface area (Å²) >= 11 is 0. The molecule has 0 aliphatic carbocycles. The van der Waals surface area contributed by atoms with Crippen LogP contribution in [-0.2, 0) is 16.1 Å². The Balaban J connectivity index is 1.43. The van der Waals surface area contributed by atoms with Crippen molar-refractivity contribution < 1.29 is 24.5 Å². The number of aliphatic hydroxyl groups is 2. The molecule has 0 radical (unpaired) electrons. The normalized spacial score (nSPS) is 24.3. The Morgan fingerprint density at radius 3 is 2.42 bits per heavy atom. The van der Waals surface area contributed by atoms with Crippen LogP contribution in [0.15, 0.2) is 43.2 Å². The molecular weight excluding hydrogens is 462 g/mol. The highest BCUT2D eigenvalue weighted by Gasteiger charge is 2.42. The third kappa shape index (κ3) is 6.63. The summed E-state index contributed by atoms with van der Waals surface area (Å²) in [7, 11) is 0. The predicted octanol–water partition coefficient (Wildman–Crippen LogP) is 1.44. The van der Waals surface area contributed by atoms with Gasteiger partial charge in [0.2, 0.25) is 0 Å². The van der Waals surface area contributed by atoms with Gasteiger partial charge < -0.3 is 19.8 Å². The molecule has 2 aliphatic rings. The van der Waals surface area contributed by atoms with Crippen LogP contribution in [0.4, 0.5) is 0 Å². The Hall–Kier alpha value is -2.95. The van der Waals surface area contributed by atoms with Gasteiger partial charge in [0.25, 0.3) is 5.91 Å². The summed E-state index contributed by atoms with van der Waals surface area (Å²) in [5.74, 6) is -0.510. The van der Waals surface area contributed by atoms with Gasteiger partial charge in [-0.15, -0.1) is 0 Å². The summed E-state index contributed by atoms with van der Waals surface area (Å²) in [4.78, 5) is 42.2. The lowest BCUT2D eigenvalue weighted by molar-refractivity contribution is -0.165. The van der Waals surface area contributed by atoms with Crippen LogP contribution in [0.5, 0.6) is 0 Å². The van der Waals surface area contributed by atoms with Crippen LogP contribution in [0.25, 0.3) is 0 Å². The highest BCUT2D eigenvalue weighted by Crippen LogP contribution is 2.38. The molecule has 10 nitrogen and oxygen atoms in total. The third-order valence-electron chi connectivity index (χ3n) is 7.35. The fraction of sp³-hybridized carbons (Fsp3) is 0.577. The zero-order valence-electron chi connectivity index (χ0n) is 20.5. The SMILES string of the molecule is O=C(c1cncnc1)N1CCCCC2(CCN(Cc3ccncc3)CC2)C(=O)OC[C@@H](O)[C@@H](O)CC1. The minimum Gasteiger partial charge on any atom is -0.462 e. The second-order valence-corrected chi connectivity index (χ2v) is 9.81. The first-order valence-corrected chi connectivity index (χ1v) is 12.7. The number of aliphatic hydroxyl groups excluding tert-OH is 2. The highest BCUT2D eigenvalue weighted by atomic mass is 16.5. The number of likely N-dealkylation sites (tertiary alicyclic amines) is 1. The van der Waals surface area contributed by atoms with Gasteiger partial charge in [-0.2, -0.15) is 0 Å². The number of carbonyl (C=O) groups excluding carboxylic acids is 2. The van der Waals surface area contributed by atoms with E-state index in [1.54, 1.807) is 17.3 Å². The number of aromatic nitrogens is 3. The zero-order chi connectivity index (χ0) is 25.4. The molecule has 4 heterocycles. The van der Waals surface area contributed by atoms with E-state index < -0.39 is 17.6 Å². The fourth-order valence-electron chi connectivity index (χ4n) is 5.02. The van der Waals surface area contributed by atoms with E-state index in [2.05, 4.69) is 19.9 Å². The summed E-state index contributed by atoms with van der Waals surface area (Å²) in [6, 6.07) is 4.00. The van der Waals surface area contributed by atoms with Crippen LogP contribution < -0.4 is 0 Å². The van der Waals surface area contributed by atoms with Crippen molar-refractivity contribution in [3.63, 3.8) is 0 Å². The number of carbonyl (C=O) groups is 2. The Morgan fingerprint density at radius 1 is 0.972 bits per heavy atom. The second-order valence-electron chi connectivity index (χ2n) is 9.81. The van der Waals surface area contributed by atoms with Gasteiger partial charge in [0.1, 0.15) is 19.0 Å². The highest BCUT2D eigenvalue weighted by molar-refractivity contribution is 5.93. The molecule has 0 bridgehead atoms. The van der Waals surface area contributed by atoms with Gasteiger partial charge in [0, 0.05) is 44.4 Å². The van der Waals surface area contributed by atoms with Crippen molar-refractivity contribution in [3.8, 4) is 0 Å². The Labute approximate surface area is 211 Å². The van der Waals surface area contributed by atoms with Gasteiger partial charge in [-0.3, -0.25) is 19.5 Å². The molecule has 36 heavy (non-hydrogen) atoms. The monoisotopic (exact) mass is 497 g/mol. The minimum absolute atomic E-state index is 0.174. The van der Waals surface area contributed by atoms with Crippen LogP contribution in [0.2, 0.25) is 0 Å². The molecule has 4 rings (SSSR count). The number of cyclic esters (lactones) is 1. The Kier molecular flexibility index (Phi) is 8.95. The third-order valence-corrected chi connectivity index (χ3v) is 7.35. The predicted molar refractivity (Wildman–Crippen MR) is 131 cm³/mol. The zero-order valence-corrected chi connectivity index (χ0v) is 20.5. The molecule has 1 amide bonds. The van der Waals surface area contributed by atoms with Crippen LogP contribution in [0, 0.1) is 5.41 Å². The molecular formula is C26H35N5O5. The van der Waals surface area contributed by atoms with E-state index in [4.69, 9.17) is 4.74 Å². The number of nitrogens with zero attached hydrogens (tertiary/aromatic N) is 5. The standard InChI is InChI=1S/C26H35N5O5/c32-22-5-12-31(24(34)21-15-28-19-29-16-21)11-2-1-6-26(25(35)36-18-23(22)33)7-13-30(14-8-26)17-20-3-9-27-10-4-20/h3-4,9-10,15-16,19,22-23,32-33H,1-2,5-8,11-14,17-18H2/t22-,23+/m0/s1. The summed E-state index contributed by atoms with van der Waals surface area (Å²) in [6.07, 6.45) is 9.21.